The number of amides is 2. The molecule has 2 amide bonds. The molecule has 0 fully saturated rings. The van der Waals surface area contributed by atoms with Gasteiger partial charge in [-0.25, -0.2) is 9.18 Å². The molecule has 0 saturated heterocycles. The van der Waals surface area contributed by atoms with Gasteiger partial charge in [0.1, 0.15) is 11.9 Å². The number of fused-ring (bicyclic) bond motifs is 1. The van der Waals surface area contributed by atoms with Gasteiger partial charge in [-0.05, 0) is 31.0 Å². The van der Waals surface area contributed by atoms with Gasteiger partial charge in [0.2, 0.25) is 0 Å². The van der Waals surface area contributed by atoms with Gasteiger partial charge in [0.05, 0.1) is 0 Å². The zero-order valence-corrected chi connectivity index (χ0v) is 14.2. The molecule has 4 nitrogen and oxygen atoms in total. The van der Waals surface area contributed by atoms with Crippen LogP contribution < -0.4 is 5.32 Å². The van der Waals surface area contributed by atoms with Crippen molar-refractivity contribution in [1.29, 1.82) is 0 Å². The largest absolute Gasteiger partial charge is 0.348 e. The van der Waals surface area contributed by atoms with Crippen molar-refractivity contribution in [2.24, 2.45) is 0 Å². The molecule has 1 aromatic carbocycles. The first-order chi connectivity index (χ1) is 11.7. The van der Waals surface area contributed by atoms with Crippen molar-refractivity contribution >= 4 is 6.03 Å². The number of nitrogens with zero attached hydrogens (tertiary/aromatic N) is 2. The topological polar surface area (TPSA) is 37.3 Å². The number of carbonyl (C=O) groups excluding carboxylic acids is 1. The van der Waals surface area contributed by atoms with Gasteiger partial charge in [-0.1, -0.05) is 32.0 Å². The average Bonchev–Trinajstić information content (AvgIpc) is 3.08. The molecule has 0 aliphatic carbocycles. The lowest BCUT2D eigenvalue weighted by Gasteiger charge is -2.38. The third-order valence-corrected chi connectivity index (χ3v) is 4.81. The number of hydrogen-bond donors (Lipinski definition) is 1. The van der Waals surface area contributed by atoms with E-state index in [0.717, 1.165) is 25.1 Å². The van der Waals surface area contributed by atoms with Gasteiger partial charge in [-0.3, -0.25) is 0 Å². The van der Waals surface area contributed by atoms with Crippen LogP contribution in [-0.4, -0.2) is 28.1 Å². The highest BCUT2D eigenvalue weighted by Gasteiger charge is 2.34. The Balaban J connectivity index is 1.96. The van der Waals surface area contributed by atoms with E-state index in [-0.39, 0.29) is 17.9 Å². The summed E-state index contributed by atoms with van der Waals surface area (Å²) in [6.07, 6.45) is 3.76. The number of urea groups is 1. The van der Waals surface area contributed by atoms with Crippen LogP contribution in [0.2, 0.25) is 0 Å². The molecule has 2 heterocycles. The molecule has 24 heavy (non-hydrogen) atoms. The van der Waals surface area contributed by atoms with Crippen molar-refractivity contribution in [3.63, 3.8) is 0 Å². The van der Waals surface area contributed by atoms with E-state index >= 15 is 0 Å². The SMILES string of the molecule is CCC(CC)NC(=O)N1CCn2cccc2[C@@H]1c1ccccc1F. The Hall–Kier alpha value is -2.30. The van der Waals surface area contributed by atoms with Crippen LogP contribution in [0, 0.1) is 5.82 Å². The van der Waals surface area contributed by atoms with Gasteiger partial charge in [0, 0.05) is 36.6 Å². The average molecular weight is 329 g/mol. The fourth-order valence-corrected chi connectivity index (χ4v) is 3.38. The number of carbonyl (C=O) groups is 1. The number of aromatic nitrogens is 1. The zero-order valence-electron chi connectivity index (χ0n) is 14.2. The second kappa shape index (κ2) is 7.07. The summed E-state index contributed by atoms with van der Waals surface area (Å²) in [5.41, 5.74) is 1.49. The maximum atomic E-state index is 14.4. The molecule has 1 atom stereocenters. The van der Waals surface area contributed by atoms with Crippen LogP contribution in [0.25, 0.3) is 0 Å². The van der Waals surface area contributed by atoms with E-state index in [2.05, 4.69) is 23.7 Å². The Kier molecular flexibility index (Phi) is 4.88. The van der Waals surface area contributed by atoms with Gasteiger partial charge in [0.15, 0.2) is 0 Å². The third-order valence-electron chi connectivity index (χ3n) is 4.81. The predicted octanol–water partition coefficient (Wildman–Crippen LogP) is 3.93. The molecule has 3 rings (SSSR count). The van der Waals surface area contributed by atoms with Crippen molar-refractivity contribution in [3.05, 3.63) is 59.7 Å². The fraction of sp³-hybridized carbons (Fsp3) is 0.421. The molecular weight excluding hydrogens is 305 g/mol. The number of hydrogen-bond acceptors (Lipinski definition) is 1. The van der Waals surface area contributed by atoms with E-state index in [1.165, 1.54) is 6.07 Å². The Labute approximate surface area is 142 Å². The Morgan fingerprint density at radius 2 is 1.96 bits per heavy atom. The van der Waals surface area contributed by atoms with Gasteiger partial charge < -0.3 is 14.8 Å². The van der Waals surface area contributed by atoms with Crippen molar-refractivity contribution < 1.29 is 9.18 Å². The molecule has 1 N–H and O–H groups in total. The smallest absolute Gasteiger partial charge is 0.318 e. The standard InChI is InChI=1S/C19H24FN3O/c1-3-14(4-2)21-19(24)23-13-12-22-11-7-10-17(22)18(23)15-8-5-6-9-16(15)20/h5-11,14,18H,3-4,12-13H2,1-2H3,(H,21,24)/t18-/m0/s1. The fourth-order valence-electron chi connectivity index (χ4n) is 3.38. The summed E-state index contributed by atoms with van der Waals surface area (Å²) in [5, 5.41) is 3.08. The minimum absolute atomic E-state index is 0.121. The molecule has 128 valence electrons. The number of benzene rings is 1. The van der Waals surface area contributed by atoms with E-state index in [9.17, 15) is 9.18 Å². The highest BCUT2D eigenvalue weighted by atomic mass is 19.1. The van der Waals surface area contributed by atoms with Crippen LogP contribution in [0.15, 0.2) is 42.6 Å². The van der Waals surface area contributed by atoms with Crippen LogP contribution in [0.5, 0.6) is 0 Å². The van der Waals surface area contributed by atoms with E-state index in [4.69, 9.17) is 0 Å². The van der Waals surface area contributed by atoms with Crippen molar-refractivity contribution in [3.8, 4) is 0 Å². The van der Waals surface area contributed by atoms with Gasteiger partial charge in [-0.15, -0.1) is 0 Å². The Morgan fingerprint density at radius 3 is 2.67 bits per heavy atom. The molecule has 0 saturated carbocycles. The van der Waals surface area contributed by atoms with Crippen LogP contribution in [0.4, 0.5) is 9.18 Å². The highest BCUT2D eigenvalue weighted by Crippen LogP contribution is 2.33. The van der Waals surface area contributed by atoms with Crippen molar-refractivity contribution in [2.75, 3.05) is 6.54 Å². The minimum Gasteiger partial charge on any atom is -0.348 e. The summed E-state index contributed by atoms with van der Waals surface area (Å²) in [7, 11) is 0. The van der Waals surface area contributed by atoms with E-state index in [0.29, 0.717) is 12.1 Å². The molecule has 2 aromatic rings. The quantitative estimate of drug-likeness (QED) is 0.906. The van der Waals surface area contributed by atoms with Crippen LogP contribution in [-0.2, 0) is 6.54 Å². The summed E-state index contributed by atoms with van der Waals surface area (Å²) < 4.78 is 16.5. The van der Waals surface area contributed by atoms with Gasteiger partial charge >= 0.3 is 6.03 Å². The number of halogens is 1. The first-order valence-corrected chi connectivity index (χ1v) is 8.62. The van der Waals surface area contributed by atoms with E-state index in [1.807, 2.05) is 24.4 Å². The first-order valence-electron chi connectivity index (χ1n) is 8.62. The summed E-state index contributed by atoms with van der Waals surface area (Å²) in [6, 6.07) is 10.3. The molecule has 0 unspecified atom stereocenters. The molecule has 0 bridgehead atoms. The second-order valence-corrected chi connectivity index (χ2v) is 6.21. The summed E-state index contributed by atoms with van der Waals surface area (Å²) in [6.45, 7) is 5.41. The van der Waals surface area contributed by atoms with Crippen molar-refractivity contribution in [1.82, 2.24) is 14.8 Å². The molecule has 1 aliphatic heterocycles. The van der Waals surface area contributed by atoms with E-state index < -0.39 is 6.04 Å². The molecule has 0 radical (unpaired) electrons. The highest BCUT2D eigenvalue weighted by molar-refractivity contribution is 5.76. The van der Waals surface area contributed by atoms with Crippen molar-refractivity contribution in [2.45, 2.75) is 45.3 Å². The summed E-state index contributed by atoms with van der Waals surface area (Å²) >= 11 is 0. The second-order valence-electron chi connectivity index (χ2n) is 6.21. The Bertz CT molecular complexity index is 708. The van der Waals surface area contributed by atoms with Crippen LogP contribution >= 0.6 is 0 Å². The number of rotatable bonds is 4. The predicted molar refractivity (Wildman–Crippen MR) is 92.3 cm³/mol. The Morgan fingerprint density at radius 1 is 1.21 bits per heavy atom. The summed E-state index contributed by atoms with van der Waals surface area (Å²) in [4.78, 5) is 14.6. The lowest BCUT2D eigenvalue weighted by atomic mass is 9.99. The third kappa shape index (κ3) is 3.03. The van der Waals surface area contributed by atoms with Gasteiger partial charge in [0.25, 0.3) is 0 Å². The molecule has 0 spiro atoms. The summed E-state index contributed by atoms with van der Waals surface area (Å²) in [5.74, 6) is -0.280. The monoisotopic (exact) mass is 329 g/mol. The molecule has 5 heteroatoms. The lowest BCUT2D eigenvalue weighted by molar-refractivity contribution is 0.163. The zero-order chi connectivity index (χ0) is 17.1. The maximum Gasteiger partial charge on any atom is 0.318 e. The van der Waals surface area contributed by atoms with Crippen LogP contribution in [0.1, 0.15) is 44.0 Å². The molecular formula is C19H24FN3O. The van der Waals surface area contributed by atoms with Gasteiger partial charge in [-0.2, -0.15) is 0 Å². The number of nitrogens with one attached hydrogen (secondary N) is 1. The van der Waals surface area contributed by atoms with Crippen LogP contribution in [0.3, 0.4) is 0 Å². The molecule has 1 aliphatic rings. The first kappa shape index (κ1) is 16.6. The lowest BCUT2D eigenvalue weighted by Crippen LogP contribution is -2.50. The normalized spacial score (nSPS) is 17.0. The van der Waals surface area contributed by atoms with E-state index in [1.54, 1.807) is 17.0 Å². The minimum atomic E-state index is -0.399. The molecule has 1 aromatic heterocycles. The maximum absolute atomic E-state index is 14.4.